The van der Waals surface area contributed by atoms with Crippen LogP contribution in [0, 0.1) is 0 Å². The van der Waals surface area contributed by atoms with Gasteiger partial charge in [-0.15, -0.1) is 0 Å². The largest absolute Gasteiger partial charge is 0.508 e. The van der Waals surface area contributed by atoms with E-state index in [1.165, 1.54) is 24.3 Å². The van der Waals surface area contributed by atoms with Crippen molar-refractivity contribution in [3.63, 3.8) is 0 Å². The first-order chi connectivity index (χ1) is 24.9. The highest BCUT2D eigenvalue weighted by molar-refractivity contribution is 5.97. The maximum Gasteiger partial charge on any atom is 0.247 e. The van der Waals surface area contributed by atoms with Gasteiger partial charge in [-0.25, -0.2) is 0 Å². The van der Waals surface area contributed by atoms with Gasteiger partial charge in [0.1, 0.15) is 29.9 Å². The first kappa shape index (κ1) is 38.4. The van der Waals surface area contributed by atoms with Gasteiger partial charge in [-0.1, -0.05) is 54.6 Å². The van der Waals surface area contributed by atoms with E-state index in [2.05, 4.69) is 36.6 Å². The van der Waals surface area contributed by atoms with Crippen molar-refractivity contribution in [2.45, 2.75) is 56.3 Å². The molecule has 1 heterocycles. The van der Waals surface area contributed by atoms with Gasteiger partial charge >= 0.3 is 0 Å². The SMILES string of the molecule is NC(N)=NCCC[C@@H]1NC(=O)[C@@H](CCCN=C(N)N)NC(=O)[C@H](c2ccc(O)cc2)NC(=O)CNC(=O)[C@H](Cc2ccc3ccccc3c2)NC1=O. The van der Waals surface area contributed by atoms with E-state index in [0.717, 1.165) is 16.3 Å². The van der Waals surface area contributed by atoms with Crippen molar-refractivity contribution >= 4 is 52.2 Å². The minimum absolute atomic E-state index is 0.0531. The van der Waals surface area contributed by atoms with Gasteiger partial charge in [0.15, 0.2) is 11.9 Å². The Bertz CT molecular complexity index is 1810. The molecule has 0 unspecified atom stereocenters. The third kappa shape index (κ3) is 11.6. The van der Waals surface area contributed by atoms with E-state index in [1.54, 1.807) is 0 Å². The number of nitrogens with zero attached hydrogens (tertiary/aromatic N) is 2. The molecule has 0 saturated carbocycles. The average Bonchev–Trinajstić information content (AvgIpc) is 3.11. The second kappa shape index (κ2) is 18.6. The van der Waals surface area contributed by atoms with Gasteiger partial charge < -0.3 is 54.6 Å². The molecule has 5 amide bonds. The highest BCUT2D eigenvalue weighted by Crippen LogP contribution is 2.19. The van der Waals surface area contributed by atoms with Crippen LogP contribution in [0.3, 0.4) is 0 Å². The summed E-state index contributed by atoms with van der Waals surface area (Å²) < 4.78 is 0. The molecule has 1 aliphatic rings. The molecule has 4 rings (SSSR count). The number of rotatable bonds is 11. The van der Waals surface area contributed by atoms with Gasteiger partial charge in [0.05, 0.1) is 6.54 Å². The first-order valence-electron chi connectivity index (χ1n) is 16.7. The molecule has 0 spiro atoms. The molecule has 3 aromatic carbocycles. The lowest BCUT2D eigenvalue weighted by molar-refractivity contribution is -0.134. The number of guanidine groups is 2. The van der Waals surface area contributed by atoms with Gasteiger partial charge in [-0.2, -0.15) is 0 Å². The van der Waals surface area contributed by atoms with Crippen LogP contribution in [-0.4, -0.2) is 84.3 Å². The van der Waals surface area contributed by atoms with E-state index < -0.39 is 60.2 Å². The van der Waals surface area contributed by atoms with Crippen LogP contribution < -0.4 is 49.5 Å². The Morgan fingerprint density at radius 2 is 1.21 bits per heavy atom. The van der Waals surface area contributed by atoms with Gasteiger partial charge in [0, 0.05) is 19.5 Å². The minimum atomic E-state index is -1.33. The molecule has 0 aromatic heterocycles. The lowest BCUT2D eigenvalue weighted by Gasteiger charge is -2.26. The summed E-state index contributed by atoms with van der Waals surface area (Å²) in [6, 6.07) is 14.0. The maximum atomic E-state index is 13.9. The van der Waals surface area contributed by atoms with E-state index in [4.69, 9.17) is 22.9 Å². The second-order valence-corrected chi connectivity index (χ2v) is 12.3. The van der Waals surface area contributed by atoms with Crippen LogP contribution >= 0.6 is 0 Å². The highest BCUT2D eigenvalue weighted by Gasteiger charge is 2.33. The molecule has 276 valence electrons. The number of phenols is 1. The summed E-state index contributed by atoms with van der Waals surface area (Å²) in [7, 11) is 0. The topological polar surface area (TPSA) is 295 Å². The number of carbonyl (C=O) groups is 5. The van der Waals surface area contributed by atoms with Crippen molar-refractivity contribution in [3.05, 3.63) is 77.9 Å². The zero-order valence-electron chi connectivity index (χ0n) is 28.5. The summed E-state index contributed by atoms with van der Waals surface area (Å²) in [6.45, 7) is -0.234. The number of aromatic hydroxyl groups is 1. The number of fused-ring (bicyclic) bond motifs is 1. The van der Waals surface area contributed by atoms with Crippen molar-refractivity contribution in [1.82, 2.24) is 26.6 Å². The van der Waals surface area contributed by atoms with Crippen molar-refractivity contribution < 1.29 is 29.1 Å². The quantitative estimate of drug-likeness (QED) is 0.0632. The molecule has 0 bridgehead atoms. The van der Waals surface area contributed by atoms with Gasteiger partial charge in [-0.3, -0.25) is 34.0 Å². The minimum Gasteiger partial charge on any atom is -0.508 e. The summed E-state index contributed by atoms with van der Waals surface area (Å²) in [5.41, 5.74) is 22.9. The molecule has 1 fully saturated rings. The molecule has 0 aliphatic carbocycles. The molecule has 1 saturated heterocycles. The van der Waals surface area contributed by atoms with E-state index in [1.807, 2.05) is 42.5 Å². The molecule has 4 atom stereocenters. The summed E-state index contributed by atoms with van der Waals surface area (Å²) >= 11 is 0. The van der Waals surface area contributed by atoms with E-state index in [9.17, 15) is 29.1 Å². The monoisotopic (exact) mass is 715 g/mol. The third-order valence-electron chi connectivity index (χ3n) is 8.26. The van der Waals surface area contributed by atoms with Crippen molar-refractivity contribution in [1.29, 1.82) is 0 Å². The van der Waals surface area contributed by atoms with Crippen molar-refractivity contribution in [2.24, 2.45) is 32.9 Å². The smallest absolute Gasteiger partial charge is 0.247 e. The fraction of sp³-hybridized carbons (Fsp3) is 0.343. The number of phenolic OH excluding ortho intramolecular Hbond substituents is 1. The van der Waals surface area contributed by atoms with E-state index in [-0.39, 0.29) is 62.9 Å². The zero-order valence-corrected chi connectivity index (χ0v) is 28.5. The molecule has 52 heavy (non-hydrogen) atoms. The Balaban J connectivity index is 1.70. The molecular weight excluding hydrogens is 670 g/mol. The second-order valence-electron chi connectivity index (χ2n) is 12.3. The first-order valence-corrected chi connectivity index (χ1v) is 16.7. The fourth-order valence-electron chi connectivity index (χ4n) is 5.62. The molecule has 3 aromatic rings. The lowest BCUT2D eigenvalue weighted by Crippen LogP contribution is -2.57. The van der Waals surface area contributed by atoms with Crippen molar-refractivity contribution in [2.75, 3.05) is 19.6 Å². The summed E-state index contributed by atoms with van der Waals surface area (Å²) in [4.78, 5) is 76.3. The van der Waals surface area contributed by atoms with Crippen LogP contribution in [0.4, 0.5) is 0 Å². The van der Waals surface area contributed by atoms with E-state index >= 15 is 0 Å². The number of aliphatic imine (C=N–C) groups is 2. The maximum absolute atomic E-state index is 13.9. The van der Waals surface area contributed by atoms with Crippen LogP contribution in [0.2, 0.25) is 0 Å². The number of nitrogens with one attached hydrogen (secondary N) is 5. The van der Waals surface area contributed by atoms with Crippen LogP contribution in [-0.2, 0) is 30.4 Å². The average molecular weight is 716 g/mol. The van der Waals surface area contributed by atoms with Gasteiger partial charge in [0.25, 0.3) is 0 Å². The normalized spacial score (nSPS) is 20.2. The summed E-state index contributed by atoms with van der Waals surface area (Å²) in [5.74, 6) is -3.89. The van der Waals surface area contributed by atoms with Gasteiger partial charge in [0.2, 0.25) is 29.5 Å². The summed E-state index contributed by atoms with van der Waals surface area (Å²) in [5, 5.41) is 25.1. The molecule has 1 aliphatic heterocycles. The number of hydrogen-bond donors (Lipinski definition) is 10. The summed E-state index contributed by atoms with van der Waals surface area (Å²) in [6.07, 6.45) is 0.726. The zero-order chi connectivity index (χ0) is 37.6. The Labute approximate surface area is 300 Å². The molecule has 17 nitrogen and oxygen atoms in total. The van der Waals surface area contributed by atoms with Crippen LogP contribution in [0.25, 0.3) is 10.8 Å². The van der Waals surface area contributed by atoms with E-state index in [0.29, 0.717) is 5.56 Å². The number of carbonyl (C=O) groups excluding carboxylic acids is 5. The Kier molecular flexibility index (Phi) is 13.7. The standard InChI is InChI=1S/C35H45N11O6/c36-34(37)40-15-3-7-25-32(51)45-27(18-20-9-10-21-5-1-2-6-23(21)17-20)30(49)42-19-28(48)46-29(22-11-13-24(47)14-12-22)33(52)44-26(31(50)43-25)8-4-16-41-35(38)39/h1-2,5-6,9-14,17,25-27,29,47H,3-4,7-8,15-16,18-19H2,(H,42,49)(H,43,50)(H,44,52)(H,45,51)(H,46,48)(H4,36,37,40)(H4,38,39,41)/t25-,26+,27-,29-/m0/s1. The van der Waals surface area contributed by atoms with Crippen molar-refractivity contribution in [3.8, 4) is 5.75 Å². The Hall–Kier alpha value is -6.39. The fourth-order valence-corrected chi connectivity index (χ4v) is 5.62. The van der Waals surface area contributed by atoms with Crippen LogP contribution in [0.15, 0.2) is 76.7 Å². The number of amides is 5. The Morgan fingerprint density at radius 3 is 1.81 bits per heavy atom. The third-order valence-corrected chi connectivity index (χ3v) is 8.26. The molecule has 0 radical (unpaired) electrons. The Morgan fingerprint density at radius 1 is 0.654 bits per heavy atom. The van der Waals surface area contributed by atoms with Gasteiger partial charge in [-0.05, 0) is 59.7 Å². The van der Waals surface area contributed by atoms with Crippen LogP contribution in [0.5, 0.6) is 5.75 Å². The predicted molar refractivity (Wildman–Crippen MR) is 195 cm³/mol. The predicted octanol–water partition coefficient (Wildman–Crippen LogP) is -1.36. The molecule has 14 N–H and O–H groups in total. The molecular formula is C35H45N11O6. The number of hydrogen-bond acceptors (Lipinski definition) is 8. The molecule has 17 heteroatoms. The lowest BCUT2D eigenvalue weighted by atomic mass is 10.0. The van der Waals surface area contributed by atoms with Crippen LogP contribution in [0.1, 0.15) is 42.9 Å². The number of benzene rings is 3. The number of nitrogens with two attached hydrogens (primary N) is 4. The highest BCUT2D eigenvalue weighted by atomic mass is 16.3.